The average Bonchev–Trinajstić information content (AvgIpc) is 2.66. The number of nitrogens with zero attached hydrogens (tertiary/aromatic N) is 1. The second-order valence-corrected chi connectivity index (χ2v) is 9.79. The smallest absolute Gasteiger partial charge is 0.240 e. The highest BCUT2D eigenvalue weighted by Gasteiger charge is 2.21. The Morgan fingerprint density at radius 1 is 1.14 bits per heavy atom. The molecule has 0 aromatic heterocycles. The van der Waals surface area contributed by atoms with Gasteiger partial charge in [-0.15, -0.1) is 0 Å². The molecule has 0 aliphatic carbocycles. The zero-order valence-electron chi connectivity index (χ0n) is 16.2. The molecule has 0 fully saturated rings. The van der Waals surface area contributed by atoms with E-state index in [0.29, 0.717) is 22.9 Å². The van der Waals surface area contributed by atoms with Crippen molar-refractivity contribution in [2.24, 2.45) is 0 Å². The number of hydrogen-bond donors (Lipinski definition) is 1. The van der Waals surface area contributed by atoms with Gasteiger partial charge >= 0.3 is 0 Å². The predicted molar refractivity (Wildman–Crippen MR) is 119 cm³/mol. The molecule has 0 aliphatic rings. The number of anilines is 1. The third kappa shape index (κ3) is 7.38. The maximum Gasteiger partial charge on any atom is 0.240 e. The second-order valence-electron chi connectivity index (χ2n) is 6.37. The molecule has 0 spiro atoms. The molecule has 0 heterocycles. The first-order chi connectivity index (χ1) is 13.7. The third-order valence-corrected chi connectivity index (χ3v) is 6.53. The number of halogens is 1. The standard InChI is InChI=1S/C20H23ClN2O4S2/c1-15(24)16-7-5-8-18(12-16)23(29(2,26)27)13-20(25)22-10-11-28-14-17-6-3-4-9-19(17)21/h3-9,12H,10-11,13-14H2,1-2H3,(H,22,25). The first kappa shape index (κ1) is 23.3. The second kappa shape index (κ2) is 10.7. The number of carbonyl (C=O) groups is 2. The van der Waals surface area contributed by atoms with E-state index in [0.717, 1.165) is 21.9 Å². The lowest BCUT2D eigenvalue weighted by atomic mass is 10.1. The number of sulfonamides is 1. The minimum atomic E-state index is -3.69. The largest absolute Gasteiger partial charge is 0.354 e. The first-order valence-electron chi connectivity index (χ1n) is 8.85. The van der Waals surface area contributed by atoms with E-state index in [1.165, 1.54) is 13.0 Å². The van der Waals surface area contributed by atoms with Gasteiger partial charge in [0.25, 0.3) is 0 Å². The number of benzene rings is 2. The lowest BCUT2D eigenvalue weighted by Crippen LogP contribution is -2.41. The van der Waals surface area contributed by atoms with E-state index < -0.39 is 15.9 Å². The van der Waals surface area contributed by atoms with Gasteiger partial charge in [-0.1, -0.05) is 41.9 Å². The Morgan fingerprint density at radius 2 is 1.86 bits per heavy atom. The lowest BCUT2D eigenvalue weighted by Gasteiger charge is -2.22. The van der Waals surface area contributed by atoms with Crippen LogP contribution in [0.3, 0.4) is 0 Å². The van der Waals surface area contributed by atoms with Gasteiger partial charge in [-0.05, 0) is 30.7 Å². The van der Waals surface area contributed by atoms with Crippen molar-refractivity contribution in [1.82, 2.24) is 5.32 Å². The summed E-state index contributed by atoms with van der Waals surface area (Å²) in [6, 6.07) is 13.8. The van der Waals surface area contributed by atoms with Crippen LogP contribution in [0.4, 0.5) is 5.69 Å². The van der Waals surface area contributed by atoms with Crippen LogP contribution in [0, 0.1) is 0 Å². The quantitative estimate of drug-likeness (QED) is 0.439. The van der Waals surface area contributed by atoms with Crippen molar-refractivity contribution >= 4 is 50.8 Å². The van der Waals surface area contributed by atoms with Gasteiger partial charge < -0.3 is 5.32 Å². The molecule has 29 heavy (non-hydrogen) atoms. The SMILES string of the molecule is CC(=O)c1cccc(N(CC(=O)NCCSCc2ccccc2Cl)S(C)(=O)=O)c1. The zero-order valence-corrected chi connectivity index (χ0v) is 18.6. The summed E-state index contributed by atoms with van der Waals surface area (Å²) < 4.78 is 25.3. The molecule has 156 valence electrons. The van der Waals surface area contributed by atoms with E-state index in [9.17, 15) is 18.0 Å². The molecule has 0 atom stereocenters. The van der Waals surface area contributed by atoms with Gasteiger partial charge in [-0.3, -0.25) is 13.9 Å². The van der Waals surface area contributed by atoms with Gasteiger partial charge in [-0.25, -0.2) is 8.42 Å². The maximum absolute atomic E-state index is 12.3. The molecule has 0 saturated heterocycles. The van der Waals surface area contributed by atoms with Crippen molar-refractivity contribution in [3.05, 3.63) is 64.7 Å². The van der Waals surface area contributed by atoms with E-state index in [2.05, 4.69) is 5.32 Å². The molecule has 0 radical (unpaired) electrons. The summed E-state index contributed by atoms with van der Waals surface area (Å²) >= 11 is 7.73. The fourth-order valence-electron chi connectivity index (χ4n) is 2.53. The summed E-state index contributed by atoms with van der Waals surface area (Å²) in [4.78, 5) is 23.8. The Balaban J connectivity index is 1.90. The third-order valence-electron chi connectivity index (χ3n) is 4.01. The van der Waals surface area contributed by atoms with E-state index in [1.807, 2.05) is 24.3 Å². The van der Waals surface area contributed by atoms with Crippen LogP contribution in [0.25, 0.3) is 0 Å². The minimum Gasteiger partial charge on any atom is -0.354 e. The monoisotopic (exact) mass is 454 g/mol. The summed E-state index contributed by atoms with van der Waals surface area (Å²) in [6.07, 6.45) is 1.03. The molecule has 0 saturated carbocycles. The van der Waals surface area contributed by atoms with Crippen LogP contribution in [-0.2, 0) is 20.6 Å². The molecule has 2 aromatic carbocycles. The van der Waals surface area contributed by atoms with Crippen molar-refractivity contribution in [3.8, 4) is 0 Å². The molecular weight excluding hydrogens is 432 g/mol. The van der Waals surface area contributed by atoms with Crippen molar-refractivity contribution in [3.63, 3.8) is 0 Å². The molecule has 6 nitrogen and oxygen atoms in total. The molecule has 0 bridgehead atoms. The van der Waals surface area contributed by atoms with Crippen LogP contribution in [0.1, 0.15) is 22.8 Å². The van der Waals surface area contributed by atoms with Crippen LogP contribution in [-0.4, -0.2) is 45.2 Å². The highest BCUT2D eigenvalue weighted by molar-refractivity contribution is 7.98. The van der Waals surface area contributed by atoms with E-state index in [4.69, 9.17) is 11.6 Å². The highest BCUT2D eigenvalue weighted by Crippen LogP contribution is 2.21. The zero-order chi connectivity index (χ0) is 21.4. The summed E-state index contributed by atoms with van der Waals surface area (Å²) in [5.74, 6) is 0.792. The Morgan fingerprint density at radius 3 is 2.52 bits per heavy atom. The summed E-state index contributed by atoms with van der Waals surface area (Å²) in [6.45, 7) is 1.45. The fourth-order valence-corrected chi connectivity index (χ4v) is 4.52. The van der Waals surface area contributed by atoms with E-state index in [-0.39, 0.29) is 18.0 Å². The van der Waals surface area contributed by atoms with Gasteiger partial charge in [0, 0.05) is 28.6 Å². The van der Waals surface area contributed by atoms with Crippen LogP contribution < -0.4 is 9.62 Å². The van der Waals surface area contributed by atoms with Crippen LogP contribution in [0.2, 0.25) is 5.02 Å². The number of amides is 1. The molecule has 1 N–H and O–H groups in total. The van der Waals surface area contributed by atoms with Crippen LogP contribution in [0.5, 0.6) is 0 Å². The van der Waals surface area contributed by atoms with E-state index in [1.54, 1.807) is 30.0 Å². The predicted octanol–water partition coefficient (Wildman–Crippen LogP) is 3.36. The molecule has 9 heteroatoms. The lowest BCUT2D eigenvalue weighted by molar-refractivity contribution is -0.119. The molecule has 1 amide bonds. The Labute approximate surface area is 180 Å². The molecule has 0 aliphatic heterocycles. The minimum absolute atomic E-state index is 0.180. The van der Waals surface area contributed by atoms with Gasteiger partial charge in [0.1, 0.15) is 6.54 Å². The number of Topliss-reactive ketones (excluding diaryl/α,β-unsaturated/α-hetero) is 1. The number of carbonyl (C=O) groups excluding carboxylic acids is 2. The maximum atomic E-state index is 12.3. The topological polar surface area (TPSA) is 83.6 Å². The Bertz CT molecular complexity index is 980. The van der Waals surface area contributed by atoms with Gasteiger partial charge in [0.05, 0.1) is 11.9 Å². The summed E-state index contributed by atoms with van der Waals surface area (Å²) in [7, 11) is -3.69. The molecule has 0 unspecified atom stereocenters. The van der Waals surface area contributed by atoms with Crippen molar-refractivity contribution in [2.45, 2.75) is 12.7 Å². The molecule has 2 rings (SSSR count). The Hall–Kier alpha value is -2.03. The number of ketones is 1. The normalized spacial score (nSPS) is 11.1. The van der Waals surface area contributed by atoms with E-state index >= 15 is 0 Å². The number of thioether (sulfide) groups is 1. The summed E-state index contributed by atoms with van der Waals surface area (Å²) in [5, 5.41) is 3.44. The average molecular weight is 455 g/mol. The van der Waals surface area contributed by atoms with Crippen molar-refractivity contribution < 1.29 is 18.0 Å². The van der Waals surface area contributed by atoms with Crippen molar-refractivity contribution in [1.29, 1.82) is 0 Å². The number of rotatable bonds is 10. The van der Waals surface area contributed by atoms with Gasteiger partial charge in [0.15, 0.2) is 5.78 Å². The molecule has 2 aromatic rings. The fraction of sp³-hybridized carbons (Fsp3) is 0.300. The highest BCUT2D eigenvalue weighted by atomic mass is 35.5. The number of hydrogen-bond acceptors (Lipinski definition) is 5. The molecular formula is C20H23ClN2O4S2. The number of nitrogens with one attached hydrogen (secondary N) is 1. The van der Waals surface area contributed by atoms with Crippen molar-refractivity contribution in [2.75, 3.05) is 29.4 Å². The van der Waals surface area contributed by atoms with Gasteiger partial charge in [0.2, 0.25) is 15.9 Å². The summed E-state index contributed by atoms with van der Waals surface area (Å²) in [5.41, 5.74) is 1.69. The van der Waals surface area contributed by atoms with Gasteiger partial charge in [-0.2, -0.15) is 11.8 Å². The van der Waals surface area contributed by atoms with Crippen LogP contribution in [0.15, 0.2) is 48.5 Å². The van der Waals surface area contributed by atoms with Crippen LogP contribution >= 0.6 is 23.4 Å². The Kier molecular flexibility index (Phi) is 8.55. The first-order valence-corrected chi connectivity index (χ1v) is 12.2.